The summed E-state index contributed by atoms with van der Waals surface area (Å²) in [6.07, 6.45) is 5.99. The van der Waals surface area contributed by atoms with E-state index in [0.29, 0.717) is 5.02 Å². The first-order valence-corrected chi connectivity index (χ1v) is 7.64. The summed E-state index contributed by atoms with van der Waals surface area (Å²) in [5, 5.41) is 3.70. The Morgan fingerprint density at radius 1 is 1.26 bits per heavy atom. The Labute approximate surface area is 123 Å². The third kappa shape index (κ3) is 8.84. The molecule has 1 aromatic heterocycles. The lowest BCUT2D eigenvalue weighted by atomic mass is 10.1. The number of nitrogens with one attached hydrogen (secondary N) is 1. The van der Waals surface area contributed by atoms with Crippen molar-refractivity contribution in [3.63, 3.8) is 0 Å². The molecule has 1 saturated heterocycles. The van der Waals surface area contributed by atoms with Gasteiger partial charge in [0.25, 0.3) is 0 Å². The summed E-state index contributed by atoms with van der Waals surface area (Å²) < 4.78 is 0. The van der Waals surface area contributed by atoms with Crippen LogP contribution in [-0.2, 0) is 0 Å². The van der Waals surface area contributed by atoms with Gasteiger partial charge in [-0.25, -0.2) is 4.98 Å². The fourth-order valence-electron chi connectivity index (χ4n) is 1.74. The van der Waals surface area contributed by atoms with Crippen LogP contribution in [0.4, 0.5) is 5.82 Å². The number of piperidine rings is 1. The van der Waals surface area contributed by atoms with Crippen molar-refractivity contribution in [2.75, 3.05) is 32.0 Å². The van der Waals surface area contributed by atoms with Crippen molar-refractivity contribution < 1.29 is 0 Å². The first kappa shape index (κ1) is 18.2. The lowest BCUT2D eigenvalue weighted by Gasteiger charge is -2.20. The number of pyridine rings is 1. The average Bonchev–Trinajstić information content (AvgIpc) is 2.45. The summed E-state index contributed by atoms with van der Waals surface area (Å²) in [6.45, 7) is 9.49. The fourth-order valence-corrected chi connectivity index (χ4v) is 1.92. The van der Waals surface area contributed by atoms with Crippen LogP contribution >= 0.6 is 11.6 Å². The Hall–Kier alpha value is -0.800. The molecule has 4 heteroatoms. The van der Waals surface area contributed by atoms with E-state index in [2.05, 4.69) is 22.2 Å². The highest BCUT2D eigenvalue weighted by atomic mass is 35.5. The molecule has 2 rings (SSSR count). The maximum Gasteiger partial charge on any atom is 0.144 e. The molecule has 110 valence electrons. The first-order valence-electron chi connectivity index (χ1n) is 7.27. The molecule has 0 aromatic carbocycles. The van der Waals surface area contributed by atoms with Gasteiger partial charge >= 0.3 is 0 Å². The standard InChI is InChI=1S/C7H9ClN2.C6H13N.C2H6/c1-2-9-7-6(8)4-3-5-10-7;1-7-5-3-2-4-6-7;1-2/h3-5H,2H2,1H3,(H,9,10);2-6H2,1H3;1-2H3. The van der Waals surface area contributed by atoms with Gasteiger partial charge in [0, 0.05) is 12.7 Å². The lowest BCUT2D eigenvalue weighted by molar-refractivity contribution is 0.277. The van der Waals surface area contributed by atoms with Crippen LogP contribution < -0.4 is 5.32 Å². The van der Waals surface area contributed by atoms with Gasteiger partial charge in [-0.2, -0.15) is 0 Å². The van der Waals surface area contributed by atoms with E-state index >= 15 is 0 Å². The van der Waals surface area contributed by atoms with E-state index in [1.54, 1.807) is 6.20 Å². The second kappa shape index (κ2) is 12.2. The normalized spacial score (nSPS) is 14.6. The minimum atomic E-state index is 0.671. The Balaban J connectivity index is 0.000000316. The minimum absolute atomic E-state index is 0.671. The Kier molecular flexibility index (Phi) is 11.7. The number of hydrogen-bond donors (Lipinski definition) is 1. The molecule has 0 radical (unpaired) electrons. The molecule has 2 heterocycles. The molecule has 1 aliphatic heterocycles. The van der Waals surface area contributed by atoms with Gasteiger partial charge in [0.2, 0.25) is 0 Å². The van der Waals surface area contributed by atoms with E-state index in [0.717, 1.165) is 12.4 Å². The Morgan fingerprint density at radius 3 is 2.32 bits per heavy atom. The number of nitrogens with zero attached hydrogens (tertiary/aromatic N) is 2. The van der Waals surface area contributed by atoms with Crippen LogP contribution in [0.15, 0.2) is 18.3 Å². The summed E-state index contributed by atoms with van der Waals surface area (Å²) in [4.78, 5) is 6.42. The topological polar surface area (TPSA) is 28.2 Å². The predicted molar refractivity (Wildman–Crippen MR) is 86.1 cm³/mol. The number of hydrogen-bond acceptors (Lipinski definition) is 3. The van der Waals surface area contributed by atoms with Crippen LogP contribution in [0, 0.1) is 0 Å². The van der Waals surface area contributed by atoms with Crippen LogP contribution in [0.3, 0.4) is 0 Å². The van der Waals surface area contributed by atoms with Crippen molar-refractivity contribution in [3.05, 3.63) is 23.4 Å². The zero-order valence-electron chi connectivity index (χ0n) is 12.7. The molecule has 0 atom stereocenters. The SMILES string of the molecule is CC.CCNc1ncccc1Cl.CN1CCCCC1. The van der Waals surface area contributed by atoms with Crippen LogP contribution in [0.1, 0.15) is 40.0 Å². The second-order valence-electron chi connectivity index (χ2n) is 4.23. The van der Waals surface area contributed by atoms with Crippen molar-refractivity contribution in [2.24, 2.45) is 0 Å². The summed E-state index contributed by atoms with van der Waals surface area (Å²) in [7, 11) is 2.19. The molecular weight excluding hydrogens is 258 g/mol. The molecule has 1 N–H and O–H groups in total. The number of aromatic nitrogens is 1. The first-order chi connectivity index (χ1) is 9.24. The number of anilines is 1. The van der Waals surface area contributed by atoms with Crippen LogP contribution in [0.25, 0.3) is 0 Å². The summed E-state index contributed by atoms with van der Waals surface area (Å²) in [5.41, 5.74) is 0. The Morgan fingerprint density at radius 2 is 1.89 bits per heavy atom. The van der Waals surface area contributed by atoms with Crippen molar-refractivity contribution in [3.8, 4) is 0 Å². The number of likely N-dealkylation sites (tertiary alicyclic amines) is 1. The third-order valence-electron chi connectivity index (χ3n) is 2.68. The number of rotatable bonds is 2. The summed E-state index contributed by atoms with van der Waals surface area (Å²) >= 11 is 5.78. The highest BCUT2D eigenvalue weighted by Gasteiger charge is 2.02. The maximum absolute atomic E-state index is 5.78. The van der Waals surface area contributed by atoms with Gasteiger partial charge in [0.15, 0.2) is 0 Å². The van der Waals surface area contributed by atoms with Gasteiger partial charge < -0.3 is 10.2 Å². The monoisotopic (exact) mass is 285 g/mol. The van der Waals surface area contributed by atoms with Crippen molar-refractivity contribution in [1.29, 1.82) is 0 Å². The van der Waals surface area contributed by atoms with E-state index in [4.69, 9.17) is 11.6 Å². The highest BCUT2D eigenvalue weighted by Crippen LogP contribution is 2.16. The van der Waals surface area contributed by atoms with Crippen LogP contribution in [0.2, 0.25) is 5.02 Å². The summed E-state index contributed by atoms with van der Waals surface area (Å²) in [6, 6.07) is 3.62. The van der Waals surface area contributed by atoms with E-state index in [1.807, 2.05) is 32.9 Å². The molecule has 1 aromatic rings. The van der Waals surface area contributed by atoms with Gasteiger partial charge in [-0.1, -0.05) is 31.9 Å². The molecule has 0 bridgehead atoms. The molecule has 0 unspecified atom stereocenters. The minimum Gasteiger partial charge on any atom is -0.369 e. The van der Waals surface area contributed by atoms with Crippen LogP contribution in [-0.4, -0.2) is 36.6 Å². The Bertz CT molecular complexity index is 312. The molecule has 1 fully saturated rings. The molecule has 19 heavy (non-hydrogen) atoms. The zero-order valence-corrected chi connectivity index (χ0v) is 13.5. The van der Waals surface area contributed by atoms with Crippen molar-refractivity contribution in [1.82, 2.24) is 9.88 Å². The zero-order chi connectivity index (χ0) is 14.5. The predicted octanol–water partition coefficient (Wildman–Crippen LogP) is 4.30. The van der Waals surface area contributed by atoms with E-state index < -0.39 is 0 Å². The fraction of sp³-hybridized carbons (Fsp3) is 0.667. The van der Waals surface area contributed by atoms with Gasteiger partial charge in [0.1, 0.15) is 5.82 Å². The molecule has 3 nitrogen and oxygen atoms in total. The largest absolute Gasteiger partial charge is 0.369 e. The third-order valence-corrected chi connectivity index (χ3v) is 2.99. The van der Waals surface area contributed by atoms with Gasteiger partial charge in [0.05, 0.1) is 5.02 Å². The van der Waals surface area contributed by atoms with Crippen molar-refractivity contribution in [2.45, 2.75) is 40.0 Å². The van der Waals surface area contributed by atoms with E-state index in [1.165, 1.54) is 32.4 Å². The molecule has 0 spiro atoms. The molecule has 0 saturated carbocycles. The highest BCUT2D eigenvalue weighted by molar-refractivity contribution is 6.32. The molecular formula is C15H28ClN3. The summed E-state index contributed by atoms with van der Waals surface area (Å²) in [5.74, 6) is 0.756. The smallest absolute Gasteiger partial charge is 0.144 e. The molecule has 0 aliphatic carbocycles. The van der Waals surface area contributed by atoms with Gasteiger partial charge in [-0.05, 0) is 52.0 Å². The van der Waals surface area contributed by atoms with Gasteiger partial charge in [-0.3, -0.25) is 0 Å². The average molecular weight is 286 g/mol. The van der Waals surface area contributed by atoms with Crippen LogP contribution in [0.5, 0.6) is 0 Å². The number of halogens is 1. The maximum atomic E-state index is 5.78. The van der Waals surface area contributed by atoms with E-state index in [-0.39, 0.29) is 0 Å². The molecule has 1 aliphatic rings. The quantitative estimate of drug-likeness (QED) is 0.878. The van der Waals surface area contributed by atoms with Gasteiger partial charge in [-0.15, -0.1) is 0 Å². The van der Waals surface area contributed by atoms with E-state index in [9.17, 15) is 0 Å². The lowest BCUT2D eigenvalue weighted by Crippen LogP contribution is -2.24. The van der Waals surface area contributed by atoms with Crippen molar-refractivity contribution >= 4 is 17.4 Å². The second-order valence-corrected chi connectivity index (χ2v) is 4.64. The molecule has 0 amide bonds.